The van der Waals surface area contributed by atoms with Crippen LogP contribution in [-0.2, 0) is 4.79 Å². The van der Waals surface area contributed by atoms with Gasteiger partial charge >= 0.3 is 5.97 Å². The first-order chi connectivity index (χ1) is 9.97. The van der Waals surface area contributed by atoms with Gasteiger partial charge in [0.15, 0.2) is 0 Å². The summed E-state index contributed by atoms with van der Waals surface area (Å²) in [5, 5.41) is 9.32. The van der Waals surface area contributed by atoms with Gasteiger partial charge in [-0.3, -0.25) is 9.59 Å². The van der Waals surface area contributed by atoms with Crippen molar-refractivity contribution in [1.29, 1.82) is 0 Å². The molecule has 1 heterocycles. The molecule has 6 heteroatoms. The molecule has 1 amide bonds. The highest BCUT2D eigenvalue weighted by molar-refractivity contribution is 14.1. The minimum Gasteiger partial charge on any atom is -0.481 e. The van der Waals surface area contributed by atoms with E-state index in [0.29, 0.717) is 23.6 Å². The van der Waals surface area contributed by atoms with Gasteiger partial charge < -0.3 is 10.0 Å². The number of carbonyl (C=O) groups excluding carboxylic acids is 1. The fourth-order valence-corrected chi connectivity index (χ4v) is 3.38. The summed E-state index contributed by atoms with van der Waals surface area (Å²) in [7, 11) is 0. The lowest BCUT2D eigenvalue weighted by molar-refractivity contribution is -0.137. The SMILES string of the molecule is O=C(O)CCC1CCCN(C(=O)c2cc(Cl)ccc2I)C1. The smallest absolute Gasteiger partial charge is 0.303 e. The molecule has 2 rings (SSSR count). The van der Waals surface area contributed by atoms with Crippen LogP contribution in [0, 0.1) is 9.49 Å². The minimum absolute atomic E-state index is 0.0121. The van der Waals surface area contributed by atoms with Crippen LogP contribution in [0.4, 0.5) is 0 Å². The number of aliphatic carboxylic acids is 1. The number of nitrogens with zero attached hydrogens (tertiary/aromatic N) is 1. The van der Waals surface area contributed by atoms with Gasteiger partial charge in [0.05, 0.1) is 5.56 Å². The number of carboxylic acid groups (broad SMARTS) is 1. The van der Waals surface area contributed by atoms with Gasteiger partial charge in [-0.05, 0) is 66.0 Å². The average molecular weight is 422 g/mol. The number of carboxylic acids is 1. The Morgan fingerprint density at radius 1 is 1.43 bits per heavy atom. The molecular formula is C15H17ClINO3. The van der Waals surface area contributed by atoms with Crippen molar-refractivity contribution in [2.24, 2.45) is 5.92 Å². The summed E-state index contributed by atoms with van der Waals surface area (Å²) in [6.07, 6.45) is 2.71. The molecule has 1 aromatic carbocycles. The summed E-state index contributed by atoms with van der Waals surface area (Å²) in [6.45, 7) is 1.36. The molecule has 0 saturated carbocycles. The van der Waals surface area contributed by atoms with E-state index in [0.717, 1.165) is 23.0 Å². The minimum atomic E-state index is -0.775. The Kier molecular flexibility index (Phi) is 5.87. The number of rotatable bonds is 4. The second kappa shape index (κ2) is 7.45. The monoisotopic (exact) mass is 421 g/mol. The molecule has 1 aliphatic heterocycles. The number of piperidine rings is 1. The van der Waals surface area contributed by atoms with Gasteiger partial charge in [0.25, 0.3) is 5.91 Å². The maximum absolute atomic E-state index is 12.6. The van der Waals surface area contributed by atoms with Gasteiger partial charge in [-0.2, -0.15) is 0 Å². The highest BCUT2D eigenvalue weighted by Crippen LogP contribution is 2.25. The summed E-state index contributed by atoms with van der Waals surface area (Å²) in [6, 6.07) is 5.31. The largest absolute Gasteiger partial charge is 0.481 e. The molecule has 0 aliphatic carbocycles. The predicted molar refractivity (Wildman–Crippen MR) is 89.7 cm³/mol. The van der Waals surface area contributed by atoms with Crippen LogP contribution in [0.1, 0.15) is 36.0 Å². The van der Waals surface area contributed by atoms with E-state index in [1.54, 1.807) is 12.1 Å². The fraction of sp³-hybridized carbons (Fsp3) is 0.467. The van der Waals surface area contributed by atoms with Crippen molar-refractivity contribution in [1.82, 2.24) is 4.90 Å². The molecule has 0 aromatic heterocycles. The summed E-state index contributed by atoms with van der Waals surface area (Å²) < 4.78 is 0.884. The van der Waals surface area contributed by atoms with Crippen molar-refractivity contribution in [3.8, 4) is 0 Å². The van der Waals surface area contributed by atoms with E-state index in [1.165, 1.54) is 0 Å². The van der Waals surface area contributed by atoms with E-state index in [-0.39, 0.29) is 18.2 Å². The Hall–Kier alpha value is -0.820. The lowest BCUT2D eigenvalue weighted by Crippen LogP contribution is -2.40. The first-order valence-electron chi connectivity index (χ1n) is 6.93. The molecule has 114 valence electrons. The van der Waals surface area contributed by atoms with Crippen molar-refractivity contribution < 1.29 is 14.7 Å². The Balaban J connectivity index is 2.05. The Bertz CT molecular complexity index is 550. The Morgan fingerprint density at radius 3 is 2.90 bits per heavy atom. The molecule has 1 fully saturated rings. The third kappa shape index (κ3) is 4.57. The first kappa shape index (κ1) is 16.5. The molecular weight excluding hydrogens is 405 g/mol. The lowest BCUT2D eigenvalue weighted by Gasteiger charge is -2.33. The van der Waals surface area contributed by atoms with E-state index in [4.69, 9.17) is 16.7 Å². The van der Waals surface area contributed by atoms with Crippen LogP contribution in [-0.4, -0.2) is 35.0 Å². The molecule has 4 nitrogen and oxygen atoms in total. The quantitative estimate of drug-likeness (QED) is 0.755. The van der Waals surface area contributed by atoms with Gasteiger partial charge in [0.1, 0.15) is 0 Å². The number of benzene rings is 1. The van der Waals surface area contributed by atoms with Crippen LogP contribution in [0.2, 0.25) is 5.02 Å². The zero-order valence-electron chi connectivity index (χ0n) is 11.5. The van der Waals surface area contributed by atoms with Crippen LogP contribution < -0.4 is 0 Å². The lowest BCUT2D eigenvalue weighted by atomic mass is 9.93. The number of halogens is 2. The molecule has 0 bridgehead atoms. The molecule has 1 aromatic rings. The third-order valence-electron chi connectivity index (χ3n) is 3.73. The highest BCUT2D eigenvalue weighted by atomic mass is 127. The van der Waals surface area contributed by atoms with Gasteiger partial charge in [-0.1, -0.05) is 11.6 Å². The van der Waals surface area contributed by atoms with Crippen LogP contribution in [0.3, 0.4) is 0 Å². The number of amides is 1. The van der Waals surface area contributed by atoms with Gasteiger partial charge in [0, 0.05) is 28.1 Å². The number of carbonyl (C=O) groups is 2. The maximum Gasteiger partial charge on any atom is 0.303 e. The molecule has 1 atom stereocenters. The number of likely N-dealkylation sites (tertiary alicyclic amines) is 1. The first-order valence-corrected chi connectivity index (χ1v) is 8.39. The number of hydrogen-bond acceptors (Lipinski definition) is 2. The van der Waals surface area contributed by atoms with E-state index < -0.39 is 5.97 Å². The zero-order valence-corrected chi connectivity index (χ0v) is 14.4. The Morgan fingerprint density at radius 2 is 2.19 bits per heavy atom. The number of hydrogen-bond donors (Lipinski definition) is 1. The van der Waals surface area contributed by atoms with E-state index in [9.17, 15) is 9.59 Å². The van der Waals surface area contributed by atoms with Crippen molar-refractivity contribution >= 4 is 46.1 Å². The van der Waals surface area contributed by atoms with Crippen LogP contribution in [0.5, 0.6) is 0 Å². The molecule has 0 spiro atoms. The predicted octanol–water partition coefficient (Wildman–Crippen LogP) is 3.66. The normalized spacial score (nSPS) is 18.6. The molecule has 0 radical (unpaired) electrons. The Labute approximate surface area is 142 Å². The third-order valence-corrected chi connectivity index (χ3v) is 4.91. The zero-order chi connectivity index (χ0) is 15.4. The van der Waals surface area contributed by atoms with Crippen molar-refractivity contribution in [2.75, 3.05) is 13.1 Å². The summed E-state index contributed by atoms with van der Waals surface area (Å²) in [5.74, 6) is -0.514. The summed E-state index contributed by atoms with van der Waals surface area (Å²) in [5.41, 5.74) is 0.627. The van der Waals surface area contributed by atoms with Crippen molar-refractivity contribution in [3.05, 3.63) is 32.4 Å². The molecule has 1 N–H and O–H groups in total. The van der Waals surface area contributed by atoms with Crippen LogP contribution in [0.15, 0.2) is 18.2 Å². The van der Waals surface area contributed by atoms with Crippen molar-refractivity contribution in [3.63, 3.8) is 0 Å². The van der Waals surface area contributed by atoms with E-state index >= 15 is 0 Å². The highest BCUT2D eigenvalue weighted by Gasteiger charge is 2.25. The van der Waals surface area contributed by atoms with Crippen LogP contribution in [0.25, 0.3) is 0 Å². The topological polar surface area (TPSA) is 57.6 Å². The molecule has 21 heavy (non-hydrogen) atoms. The molecule has 1 aliphatic rings. The second-order valence-electron chi connectivity index (χ2n) is 5.32. The van der Waals surface area contributed by atoms with Gasteiger partial charge in [-0.15, -0.1) is 0 Å². The van der Waals surface area contributed by atoms with E-state index in [1.807, 2.05) is 11.0 Å². The van der Waals surface area contributed by atoms with Gasteiger partial charge in [-0.25, -0.2) is 0 Å². The van der Waals surface area contributed by atoms with E-state index in [2.05, 4.69) is 22.6 Å². The fourth-order valence-electron chi connectivity index (χ4n) is 2.64. The van der Waals surface area contributed by atoms with Gasteiger partial charge in [0.2, 0.25) is 0 Å². The average Bonchev–Trinajstić information content (AvgIpc) is 2.47. The standard InChI is InChI=1S/C15H17ClINO3/c16-11-4-5-13(17)12(8-11)15(21)18-7-1-2-10(9-18)3-6-14(19)20/h4-5,8,10H,1-3,6-7,9H2,(H,19,20). The van der Waals surface area contributed by atoms with Crippen molar-refractivity contribution in [2.45, 2.75) is 25.7 Å². The molecule has 1 unspecified atom stereocenters. The maximum atomic E-state index is 12.6. The summed E-state index contributed by atoms with van der Waals surface area (Å²) in [4.78, 5) is 25.1. The van der Waals surface area contributed by atoms with Crippen LogP contribution >= 0.6 is 34.2 Å². The summed E-state index contributed by atoms with van der Waals surface area (Å²) >= 11 is 8.11. The molecule has 1 saturated heterocycles. The second-order valence-corrected chi connectivity index (χ2v) is 6.91.